The smallest absolute Gasteiger partial charge is 0.246 e. The average Bonchev–Trinajstić information content (AvgIpc) is 1.97. The highest BCUT2D eigenvalue weighted by Gasteiger charge is 2.01. The van der Waals surface area contributed by atoms with Gasteiger partial charge in [-0.1, -0.05) is 0 Å². The zero-order chi connectivity index (χ0) is 9.40. The van der Waals surface area contributed by atoms with Crippen molar-refractivity contribution in [2.24, 2.45) is 0 Å². The molecule has 1 N–H and O–H groups in total. The summed E-state index contributed by atoms with van der Waals surface area (Å²) in [7, 11) is 1.59. The molecule has 72 valence electrons. The largest absolute Gasteiger partial charge is 0.382 e. The molecule has 4 heteroatoms. The van der Waals surface area contributed by atoms with Gasteiger partial charge in [0.1, 0.15) is 6.61 Å². The lowest BCUT2D eigenvalue weighted by molar-refractivity contribution is -0.126. The Morgan fingerprint density at radius 2 is 2.08 bits per heavy atom. The van der Waals surface area contributed by atoms with Gasteiger partial charge in [-0.15, -0.1) is 0 Å². The molecule has 1 amide bonds. The van der Waals surface area contributed by atoms with Crippen molar-refractivity contribution >= 4 is 5.91 Å². The Morgan fingerprint density at radius 3 is 2.58 bits per heavy atom. The second kappa shape index (κ2) is 7.06. The van der Waals surface area contributed by atoms with Crippen LogP contribution < -0.4 is 5.32 Å². The first-order valence-corrected chi connectivity index (χ1v) is 4.03. The molecule has 0 aromatic heterocycles. The minimum absolute atomic E-state index is 0.0823. The van der Waals surface area contributed by atoms with Crippen molar-refractivity contribution in [3.8, 4) is 0 Å². The number of amides is 1. The van der Waals surface area contributed by atoms with Gasteiger partial charge in [-0.3, -0.25) is 4.79 Å². The van der Waals surface area contributed by atoms with E-state index in [1.54, 1.807) is 7.11 Å². The number of carbonyl (C=O) groups excluding carboxylic acids is 1. The molecule has 0 aliphatic rings. The fourth-order valence-electron chi connectivity index (χ4n) is 0.671. The van der Waals surface area contributed by atoms with Gasteiger partial charge in [0.05, 0.1) is 13.2 Å². The van der Waals surface area contributed by atoms with Crippen molar-refractivity contribution in [3.63, 3.8) is 0 Å². The van der Waals surface area contributed by atoms with Gasteiger partial charge < -0.3 is 14.8 Å². The molecule has 0 atom stereocenters. The van der Waals surface area contributed by atoms with Crippen LogP contribution in [-0.4, -0.2) is 38.9 Å². The van der Waals surface area contributed by atoms with Crippen LogP contribution in [0.3, 0.4) is 0 Å². The molecule has 12 heavy (non-hydrogen) atoms. The molecule has 0 saturated heterocycles. The highest BCUT2D eigenvalue weighted by Crippen LogP contribution is 1.80. The maximum absolute atomic E-state index is 10.9. The lowest BCUT2D eigenvalue weighted by atomic mass is 10.4. The number of rotatable bonds is 6. The lowest BCUT2D eigenvalue weighted by Gasteiger charge is -2.08. The van der Waals surface area contributed by atoms with E-state index in [0.717, 1.165) is 0 Å². The van der Waals surface area contributed by atoms with E-state index in [2.05, 4.69) is 5.32 Å². The second-order valence-electron chi connectivity index (χ2n) is 2.77. The van der Waals surface area contributed by atoms with E-state index in [1.807, 2.05) is 13.8 Å². The van der Waals surface area contributed by atoms with Crippen LogP contribution in [0.15, 0.2) is 0 Å². The Bertz CT molecular complexity index is 125. The van der Waals surface area contributed by atoms with Crippen molar-refractivity contribution in [2.75, 3.05) is 26.9 Å². The van der Waals surface area contributed by atoms with E-state index in [-0.39, 0.29) is 18.6 Å². The molecule has 0 aliphatic heterocycles. The highest BCUT2D eigenvalue weighted by molar-refractivity contribution is 5.77. The van der Waals surface area contributed by atoms with Gasteiger partial charge >= 0.3 is 0 Å². The molecule has 0 aromatic carbocycles. The van der Waals surface area contributed by atoms with Gasteiger partial charge in [0.2, 0.25) is 5.91 Å². The molecular formula is C8H17NO3. The molecule has 0 aliphatic carbocycles. The van der Waals surface area contributed by atoms with Gasteiger partial charge in [0.15, 0.2) is 0 Å². The second-order valence-corrected chi connectivity index (χ2v) is 2.77. The predicted molar refractivity (Wildman–Crippen MR) is 46.0 cm³/mol. The average molecular weight is 175 g/mol. The summed E-state index contributed by atoms with van der Waals surface area (Å²) < 4.78 is 9.75. The van der Waals surface area contributed by atoms with E-state index in [9.17, 15) is 4.79 Å². The molecule has 4 nitrogen and oxygen atoms in total. The van der Waals surface area contributed by atoms with Crippen LogP contribution in [0.25, 0.3) is 0 Å². The number of carbonyl (C=O) groups is 1. The van der Waals surface area contributed by atoms with E-state index < -0.39 is 0 Å². The molecule has 0 spiro atoms. The molecule has 0 fully saturated rings. The topological polar surface area (TPSA) is 47.6 Å². The Morgan fingerprint density at radius 1 is 1.42 bits per heavy atom. The third-order valence-electron chi connectivity index (χ3n) is 1.11. The minimum Gasteiger partial charge on any atom is -0.382 e. The fraction of sp³-hybridized carbons (Fsp3) is 0.875. The standard InChI is InChI=1S/C8H17NO3/c1-7(2)9-8(10)6-12-5-4-11-3/h7H,4-6H2,1-3H3,(H,9,10). The van der Waals surface area contributed by atoms with Gasteiger partial charge in [-0.25, -0.2) is 0 Å². The number of methoxy groups -OCH3 is 1. The molecular weight excluding hydrogens is 158 g/mol. The number of nitrogens with one attached hydrogen (secondary N) is 1. The number of hydrogen-bond donors (Lipinski definition) is 1. The summed E-state index contributed by atoms with van der Waals surface area (Å²) in [5.41, 5.74) is 0. The summed E-state index contributed by atoms with van der Waals surface area (Å²) in [4.78, 5) is 10.9. The monoisotopic (exact) mass is 175 g/mol. The first-order chi connectivity index (χ1) is 5.66. The van der Waals surface area contributed by atoms with Gasteiger partial charge in [-0.05, 0) is 13.8 Å². The van der Waals surface area contributed by atoms with Crippen molar-refractivity contribution < 1.29 is 14.3 Å². The van der Waals surface area contributed by atoms with Crippen LogP contribution >= 0.6 is 0 Å². The van der Waals surface area contributed by atoms with Crippen LogP contribution in [0.2, 0.25) is 0 Å². The minimum atomic E-state index is -0.0823. The summed E-state index contributed by atoms with van der Waals surface area (Å²) in [5.74, 6) is -0.0823. The Labute approximate surface area is 73.2 Å². The van der Waals surface area contributed by atoms with E-state index in [0.29, 0.717) is 13.2 Å². The molecule has 0 rings (SSSR count). The number of hydrogen-bond acceptors (Lipinski definition) is 3. The maximum atomic E-state index is 10.9. The Hall–Kier alpha value is -0.610. The quantitative estimate of drug-likeness (QED) is 0.585. The zero-order valence-corrected chi connectivity index (χ0v) is 7.92. The molecule has 0 aromatic rings. The van der Waals surface area contributed by atoms with Gasteiger partial charge in [-0.2, -0.15) is 0 Å². The van der Waals surface area contributed by atoms with Crippen LogP contribution in [0.4, 0.5) is 0 Å². The first-order valence-electron chi connectivity index (χ1n) is 4.03. The van der Waals surface area contributed by atoms with Crippen LogP contribution in [0.5, 0.6) is 0 Å². The van der Waals surface area contributed by atoms with Crippen molar-refractivity contribution in [1.29, 1.82) is 0 Å². The predicted octanol–water partition coefficient (Wildman–Crippen LogP) is 0.174. The number of ether oxygens (including phenoxy) is 2. The summed E-state index contributed by atoms with van der Waals surface area (Å²) in [6, 6.07) is 0.170. The molecule has 0 bridgehead atoms. The maximum Gasteiger partial charge on any atom is 0.246 e. The van der Waals surface area contributed by atoms with Gasteiger partial charge in [0, 0.05) is 13.2 Å². The summed E-state index contributed by atoms with van der Waals surface area (Å²) in [5, 5.41) is 2.71. The molecule has 0 radical (unpaired) electrons. The summed E-state index contributed by atoms with van der Waals surface area (Å²) >= 11 is 0. The van der Waals surface area contributed by atoms with Crippen LogP contribution in [0.1, 0.15) is 13.8 Å². The molecule has 0 unspecified atom stereocenters. The van der Waals surface area contributed by atoms with Crippen LogP contribution in [0, 0.1) is 0 Å². The first kappa shape index (κ1) is 11.4. The lowest BCUT2D eigenvalue weighted by Crippen LogP contribution is -2.33. The van der Waals surface area contributed by atoms with Crippen molar-refractivity contribution in [2.45, 2.75) is 19.9 Å². The highest BCUT2D eigenvalue weighted by atomic mass is 16.5. The van der Waals surface area contributed by atoms with Crippen molar-refractivity contribution in [3.05, 3.63) is 0 Å². The normalized spacial score (nSPS) is 10.3. The Kier molecular flexibility index (Phi) is 6.70. The summed E-state index contributed by atoms with van der Waals surface area (Å²) in [6.45, 7) is 4.92. The third kappa shape index (κ3) is 7.50. The van der Waals surface area contributed by atoms with Crippen LogP contribution in [-0.2, 0) is 14.3 Å². The van der Waals surface area contributed by atoms with E-state index in [1.165, 1.54) is 0 Å². The SMILES string of the molecule is COCCOCC(=O)NC(C)C. The van der Waals surface area contributed by atoms with Gasteiger partial charge in [0.25, 0.3) is 0 Å². The van der Waals surface area contributed by atoms with E-state index in [4.69, 9.17) is 9.47 Å². The zero-order valence-electron chi connectivity index (χ0n) is 7.92. The fourth-order valence-corrected chi connectivity index (χ4v) is 0.671. The third-order valence-corrected chi connectivity index (χ3v) is 1.11. The molecule has 0 saturated carbocycles. The summed E-state index contributed by atoms with van der Waals surface area (Å²) in [6.07, 6.45) is 0. The Balaban J connectivity index is 3.20. The van der Waals surface area contributed by atoms with Crippen molar-refractivity contribution in [1.82, 2.24) is 5.32 Å². The molecule has 0 heterocycles. The van der Waals surface area contributed by atoms with E-state index >= 15 is 0 Å².